The third-order valence-electron chi connectivity index (χ3n) is 4.90. The van der Waals surface area contributed by atoms with Crippen LogP contribution in [0.3, 0.4) is 0 Å². The van der Waals surface area contributed by atoms with Crippen LogP contribution in [-0.4, -0.2) is 41.1 Å². The number of amides is 1. The van der Waals surface area contributed by atoms with E-state index in [1.54, 1.807) is 18.2 Å². The lowest BCUT2D eigenvalue weighted by Crippen LogP contribution is -2.42. The highest BCUT2D eigenvalue weighted by Crippen LogP contribution is 2.19. The van der Waals surface area contributed by atoms with Crippen LogP contribution in [0, 0.1) is 5.92 Å². The van der Waals surface area contributed by atoms with Crippen LogP contribution in [0.25, 0.3) is 11.1 Å². The van der Waals surface area contributed by atoms with Crippen LogP contribution in [0.5, 0.6) is 0 Å². The van der Waals surface area contributed by atoms with Crippen LogP contribution < -0.4 is 11.1 Å². The number of carbonyl (C=O) groups is 1. The van der Waals surface area contributed by atoms with Crippen LogP contribution in [0.4, 0.5) is 0 Å². The van der Waals surface area contributed by atoms with Gasteiger partial charge in [-0.15, -0.1) is 0 Å². The fourth-order valence-electron chi connectivity index (χ4n) is 3.32. The maximum atomic E-state index is 12.2. The fourth-order valence-corrected chi connectivity index (χ4v) is 3.48. The third-order valence-corrected chi connectivity index (χ3v) is 5.13. The highest BCUT2D eigenvalue weighted by Gasteiger charge is 2.21. The highest BCUT2D eigenvalue weighted by molar-refractivity contribution is 6.31. The van der Waals surface area contributed by atoms with Crippen LogP contribution in [0.1, 0.15) is 26.7 Å². The molecule has 2 heterocycles. The molecule has 2 aromatic rings. The Morgan fingerprint density at radius 2 is 2.08 bits per heavy atom. The Hall–Kier alpha value is -1.79. The minimum absolute atomic E-state index is 0.0433. The Labute approximate surface area is 151 Å². The van der Waals surface area contributed by atoms with Crippen molar-refractivity contribution in [2.24, 2.45) is 5.92 Å². The molecule has 6 nitrogen and oxygen atoms in total. The van der Waals surface area contributed by atoms with E-state index in [4.69, 9.17) is 16.0 Å². The van der Waals surface area contributed by atoms with E-state index >= 15 is 0 Å². The number of fused-ring (bicyclic) bond motifs is 1. The van der Waals surface area contributed by atoms with Gasteiger partial charge in [-0.25, -0.2) is 4.79 Å². The fraction of sp³-hybridized carbons (Fsp3) is 0.556. The first-order chi connectivity index (χ1) is 11.9. The number of oxazole rings is 1. The van der Waals surface area contributed by atoms with Gasteiger partial charge in [-0.2, -0.15) is 0 Å². The van der Waals surface area contributed by atoms with Crippen LogP contribution >= 0.6 is 11.6 Å². The molecule has 0 unspecified atom stereocenters. The Kier molecular flexibility index (Phi) is 5.49. The van der Waals surface area contributed by atoms with E-state index in [2.05, 4.69) is 24.1 Å². The van der Waals surface area contributed by atoms with Gasteiger partial charge in [0.1, 0.15) is 6.54 Å². The molecule has 1 fully saturated rings. The smallest absolute Gasteiger partial charge is 0.408 e. The van der Waals surface area contributed by atoms with Crippen molar-refractivity contribution in [3.8, 4) is 0 Å². The van der Waals surface area contributed by atoms with Crippen LogP contribution in [0.15, 0.2) is 27.4 Å². The van der Waals surface area contributed by atoms with E-state index in [0.29, 0.717) is 34.6 Å². The van der Waals surface area contributed by atoms with Crippen LogP contribution in [-0.2, 0) is 11.3 Å². The first-order valence-corrected chi connectivity index (χ1v) is 9.11. The number of hydrogen-bond donors (Lipinski definition) is 1. The maximum absolute atomic E-state index is 12.2. The molecule has 0 aliphatic carbocycles. The number of aromatic nitrogens is 1. The average molecular weight is 366 g/mol. The van der Waals surface area contributed by atoms with E-state index in [-0.39, 0.29) is 12.5 Å². The highest BCUT2D eigenvalue weighted by atomic mass is 35.5. The summed E-state index contributed by atoms with van der Waals surface area (Å²) in [5, 5.41) is 3.44. The second kappa shape index (κ2) is 7.62. The number of nitrogens with one attached hydrogen (secondary N) is 1. The van der Waals surface area contributed by atoms with Crippen molar-refractivity contribution in [2.45, 2.75) is 39.3 Å². The van der Waals surface area contributed by atoms with Crippen molar-refractivity contribution in [1.29, 1.82) is 0 Å². The van der Waals surface area contributed by atoms with Gasteiger partial charge in [0.25, 0.3) is 0 Å². The Bertz CT molecular complexity index is 803. The topological polar surface area (TPSA) is 67.5 Å². The molecule has 1 aliphatic heterocycles. The lowest BCUT2D eigenvalue weighted by Gasteiger charge is -2.34. The minimum Gasteiger partial charge on any atom is -0.408 e. The predicted molar refractivity (Wildman–Crippen MR) is 97.9 cm³/mol. The predicted octanol–water partition coefficient (Wildman–Crippen LogP) is 2.48. The molecule has 1 aliphatic rings. The number of rotatable bonds is 5. The molecule has 0 atom stereocenters. The van der Waals surface area contributed by atoms with E-state index in [0.717, 1.165) is 25.9 Å². The van der Waals surface area contributed by atoms with Gasteiger partial charge < -0.3 is 14.6 Å². The van der Waals surface area contributed by atoms with E-state index in [1.807, 2.05) is 0 Å². The monoisotopic (exact) mass is 365 g/mol. The van der Waals surface area contributed by atoms with E-state index in [1.165, 1.54) is 4.57 Å². The largest absolute Gasteiger partial charge is 0.420 e. The molecule has 136 valence electrons. The second-order valence-electron chi connectivity index (χ2n) is 6.94. The molecule has 0 radical (unpaired) electrons. The normalized spacial score (nSPS) is 16.6. The molecule has 1 amide bonds. The van der Waals surface area contributed by atoms with Gasteiger partial charge in [0, 0.05) is 23.7 Å². The van der Waals surface area contributed by atoms with E-state index < -0.39 is 5.76 Å². The first-order valence-electron chi connectivity index (χ1n) is 8.73. The summed E-state index contributed by atoms with van der Waals surface area (Å²) in [7, 11) is 0. The molecule has 7 heteroatoms. The summed E-state index contributed by atoms with van der Waals surface area (Å²) in [5.41, 5.74) is 0.973. The lowest BCUT2D eigenvalue weighted by molar-refractivity contribution is -0.122. The van der Waals surface area contributed by atoms with Crippen molar-refractivity contribution in [3.63, 3.8) is 0 Å². The molecular formula is C18H24ClN3O3. The molecule has 1 saturated heterocycles. The Balaban J connectivity index is 1.55. The molecule has 1 N–H and O–H groups in total. The van der Waals surface area contributed by atoms with E-state index in [9.17, 15) is 9.59 Å². The number of hydrogen-bond acceptors (Lipinski definition) is 4. The molecule has 0 spiro atoms. The standard InChI is InChI=1S/C18H24ClN3O3/c1-12(2)21-7-5-13(6-8-21)10-20-17(23)11-22-15-4-3-14(19)9-16(15)25-18(22)24/h3-4,9,12-13H,5-8,10-11H2,1-2H3,(H,20,23). The minimum atomic E-state index is -0.544. The van der Waals surface area contributed by atoms with Gasteiger partial charge in [0.05, 0.1) is 5.52 Å². The third kappa shape index (κ3) is 4.25. The molecule has 0 saturated carbocycles. The van der Waals surface area contributed by atoms with Gasteiger partial charge >= 0.3 is 5.76 Å². The lowest BCUT2D eigenvalue weighted by atomic mass is 9.96. The maximum Gasteiger partial charge on any atom is 0.420 e. The average Bonchev–Trinajstić information content (AvgIpc) is 2.88. The number of likely N-dealkylation sites (tertiary alicyclic amines) is 1. The summed E-state index contributed by atoms with van der Waals surface area (Å²) < 4.78 is 6.48. The quantitative estimate of drug-likeness (QED) is 0.883. The van der Waals surface area contributed by atoms with Gasteiger partial charge in [-0.3, -0.25) is 9.36 Å². The van der Waals surface area contributed by atoms with Crippen LogP contribution in [0.2, 0.25) is 5.02 Å². The molecule has 3 rings (SSSR count). The molecular weight excluding hydrogens is 342 g/mol. The Morgan fingerprint density at radius 3 is 2.76 bits per heavy atom. The van der Waals surface area contributed by atoms with Gasteiger partial charge in [0.15, 0.2) is 5.58 Å². The zero-order chi connectivity index (χ0) is 18.0. The number of benzene rings is 1. The van der Waals surface area contributed by atoms with Crippen molar-refractivity contribution in [3.05, 3.63) is 33.8 Å². The summed E-state index contributed by atoms with van der Waals surface area (Å²) in [6.07, 6.45) is 2.18. The first kappa shape index (κ1) is 18.0. The summed E-state index contributed by atoms with van der Waals surface area (Å²) >= 11 is 5.90. The number of nitrogens with zero attached hydrogens (tertiary/aromatic N) is 2. The molecule has 1 aromatic carbocycles. The number of halogens is 1. The zero-order valence-corrected chi connectivity index (χ0v) is 15.4. The van der Waals surface area contributed by atoms with Crippen molar-refractivity contribution in [2.75, 3.05) is 19.6 Å². The van der Waals surface area contributed by atoms with Crippen molar-refractivity contribution < 1.29 is 9.21 Å². The molecule has 0 bridgehead atoms. The summed E-state index contributed by atoms with van der Waals surface area (Å²) in [4.78, 5) is 26.7. The molecule has 25 heavy (non-hydrogen) atoms. The summed E-state index contributed by atoms with van der Waals surface area (Å²) in [6, 6.07) is 5.52. The SMILES string of the molecule is CC(C)N1CCC(CNC(=O)Cn2c(=O)oc3cc(Cl)ccc32)CC1. The second-order valence-corrected chi connectivity index (χ2v) is 7.38. The van der Waals surface area contributed by atoms with Gasteiger partial charge in [-0.1, -0.05) is 11.6 Å². The van der Waals surface area contributed by atoms with Crippen molar-refractivity contribution >= 4 is 28.6 Å². The van der Waals surface area contributed by atoms with Gasteiger partial charge in [0.2, 0.25) is 5.91 Å². The summed E-state index contributed by atoms with van der Waals surface area (Å²) in [6.45, 7) is 7.18. The number of carbonyl (C=O) groups excluding carboxylic acids is 1. The summed E-state index contributed by atoms with van der Waals surface area (Å²) in [5.74, 6) is -0.223. The molecule has 1 aromatic heterocycles. The van der Waals surface area contributed by atoms with Gasteiger partial charge in [-0.05, 0) is 57.8 Å². The number of piperidine rings is 1. The van der Waals surface area contributed by atoms with Crippen molar-refractivity contribution in [1.82, 2.24) is 14.8 Å². The zero-order valence-electron chi connectivity index (χ0n) is 14.6. The Morgan fingerprint density at radius 1 is 1.36 bits per heavy atom.